The van der Waals surface area contributed by atoms with E-state index in [4.69, 9.17) is 16.7 Å². The van der Waals surface area contributed by atoms with Crippen LogP contribution in [0.15, 0.2) is 23.1 Å². The van der Waals surface area contributed by atoms with Crippen molar-refractivity contribution >= 4 is 21.6 Å². The van der Waals surface area contributed by atoms with Gasteiger partial charge in [0.15, 0.2) is 5.82 Å². The van der Waals surface area contributed by atoms with E-state index in [1.165, 1.54) is 18.2 Å². The molecule has 0 aliphatic rings. The number of hydrogen-bond donors (Lipinski definition) is 1. The van der Waals surface area contributed by atoms with Crippen LogP contribution in [0.2, 0.25) is 5.02 Å². The average molecular weight is 310 g/mol. The van der Waals surface area contributed by atoms with Gasteiger partial charge in [0.1, 0.15) is 4.90 Å². The van der Waals surface area contributed by atoms with Gasteiger partial charge in [-0.1, -0.05) is 31.0 Å². The van der Waals surface area contributed by atoms with Crippen molar-refractivity contribution in [2.75, 3.05) is 19.7 Å². The molecule has 7 heteroatoms. The molecule has 0 unspecified atom stereocenters. The second kappa shape index (κ2) is 7.19. The van der Waals surface area contributed by atoms with Crippen molar-refractivity contribution in [1.29, 1.82) is 0 Å². The fraction of sp³-hybridized carbons (Fsp3) is 0.500. The quantitative estimate of drug-likeness (QED) is 0.840. The van der Waals surface area contributed by atoms with E-state index in [0.717, 1.165) is 10.7 Å². The summed E-state index contributed by atoms with van der Waals surface area (Å²) in [6, 6.07) is 3.85. The Balaban J connectivity index is 3.15. The molecule has 0 fully saturated rings. The Morgan fingerprint density at radius 1 is 1.37 bits per heavy atom. The standard InChI is InChI=1S/C12H17ClFNO3S/c1-2-3-7-15(8-9-16)19(17,18)11-6-4-5-10(13)12(11)14/h4-6,16H,2-3,7-9H2,1H3. The molecule has 0 saturated carbocycles. The average Bonchev–Trinajstić information content (AvgIpc) is 2.37. The van der Waals surface area contributed by atoms with Crippen LogP contribution in [-0.2, 0) is 10.0 Å². The van der Waals surface area contributed by atoms with Crippen molar-refractivity contribution in [3.05, 3.63) is 29.0 Å². The van der Waals surface area contributed by atoms with Gasteiger partial charge >= 0.3 is 0 Å². The van der Waals surface area contributed by atoms with Gasteiger partial charge in [0.2, 0.25) is 10.0 Å². The lowest BCUT2D eigenvalue weighted by atomic mass is 10.3. The summed E-state index contributed by atoms with van der Waals surface area (Å²) < 4.78 is 39.5. The van der Waals surface area contributed by atoms with Crippen LogP contribution < -0.4 is 0 Å². The smallest absolute Gasteiger partial charge is 0.246 e. The first-order valence-electron chi connectivity index (χ1n) is 6.00. The molecule has 0 aliphatic carbocycles. The summed E-state index contributed by atoms with van der Waals surface area (Å²) in [4.78, 5) is -0.454. The van der Waals surface area contributed by atoms with Gasteiger partial charge in [-0.2, -0.15) is 4.31 Å². The normalized spacial score (nSPS) is 12.1. The molecule has 0 aromatic heterocycles. The van der Waals surface area contributed by atoms with E-state index in [-0.39, 0.29) is 24.7 Å². The summed E-state index contributed by atoms with van der Waals surface area (Å²) in [5.74, 6) is -0.955. The monoisotopic (exact) mass is 309 g/mol. The third-order valence-corrected chi connectivity index (χ3v) is 4.85. The molecular formula is C12H17ClFNO3S. The highest BCUT2D eigenvalue weighted by Crippen LogP contribution is 2.24. The van der Waals surface area contributed by atoms with E-state index in [1.54, 1.807) is 0 Å². The first-order chi connectivity index (χ1) is 8.95. The first kappa shape index (κ1) is 16.4. The Morgan fingerprint density at radius 3 is 2.63 bits per heavy atom. The van der Waals surface area contributed by atoms with Crippen LogP contribution in [-0.4, -0.2) is 37.5 Å². The Kier molecular flexibility index (Phi) is 6.19. The molecule has 108 valence electrons. The van der Waals surface area contributed by atoms with Crippen LogP contribution in [0, 0.1) is 5.82 Å². The molecule has 0 heterocycles. The Bertz CT molecular complexity index is 522. The van der Waals surface area contributed by atoms with Crippen molar-refractivity contribution in [3.8, 4) is 0 Å². The number of halogens is 2. The molecular weight excluding hydrogens is 293 g/mol. The number of nitrogens with zero attached hydrogens (tertiary/aromatic N) is 1. The molecule has 0 saturated heterocycles. The topological polar surface area (TPSA) is 57.6 Å². The van der Waals surface area contributed by atoms with Crippen molar-refractivity contribution in [1.82, 2.24) is 4.31 Å². The van der Waals surface area contributed by atoms with Gasteiger partial charge < -0.3 is 5.11 Å². The largest absolute Gasteiger partial charge is 0.395 e. The van der Waals surface area contributed by atoms with E-state index >= 15 is 0 Å². The summed E-state index contributed by atoms with van der Waals surface area (Å²) in [5, 5.41) is 8.71. The van der Waals surface area contributed by atoms with E-state index in [0.29, 0.717) is 6.42 Å². The lowest BCUT2D eigenvalue weighted by Crippen LogP contribution is -2.35. The minimum absolute atomic E-state index is 0.0612. The second-order valence-corrected chi connectivity index (χ2v) is 6.35. The Morgan fingerprint density at radius 2 is 2.05 bits per heavy atom. The predicted octanol–water partition coefficient (Wildman–Crippen LogP) is 2.26. The van der Waals surface area contributed by atoms with E-state index in [2.05, 4.69) is 0 Å². The maximum Gasteiger partial charge on any atom is 0.246 e. The van der Waals surface area contributed by atoms with E-state index in [1.807, 2.05) is 6.92 Å². The summed E-state index contributed by atoms with van der Waals surface area (Å²) in [5.41, 5.74) is 0. The molecule has 0 amide bonds. The third-order valence-electron chi connectivity index (χ3n) is 2.64. The lowest BCUT2D eigenvalue weighted by molar-refractivity contribution is 0.252. The molecule has 0 bridgehead atoms. The van der Waals surface area contributed by atoms with Gasteiger partial charge in [-0.15, -0.1) is 0 Å². The van der Waals surface area contributed by atoms with E-state index < -0.39 is 20.7 Å². The second-order valence-electron chi connectivity index (χ2n) is 4.03. The van der Waals surface area contributed by atoms with Crippen LogP contribution in [0.1, 0.15) is 19.8 Å². The summed E-state index contributed by atoms with van der Waals surface area (Å²) in [7, 11) is -3.97. The predicted molar refractivity (Wildman–Crippen MR) is 72.2 cm³/mol. The number of rotatable bonds is 7. The minimum atomic E-state index is -3.97. The van der Waals surface area contributed by atoms with Gasteiger partial charge in [0.25, 0.3) is 0 Å². The van der Waals surface area contributed by atoms with Gasteiger partial charge in [-0.05, 0) is 18.6 Å². The third kappa shape index (κ3) is 3.89. The van der Waals surface area contributed by atoms with Crippen LogP contribution in [0.4, 0.5) is 4.39 Å². The zero-order chi connectivity index (χ0) is 14.5. The molecule has 0 atom stereocenters. The van der Waals surface area contributed by atoms with Crippen molar-refractivity contribution < 1.29 is 17.9 Å². The molecule has 0 aliphatic heterocycles. The highest BCUT2D eigenvalue weighted by Gasteiger charge is 2.27. The van der Waals surface area contributed by atoms with Gasteiger partial charge in [-0.25, -0.2) is 12.8 Å². The number of aliphatic hydroxyl groups excluding tert-OH is 1. The Labute approximate surface area is 117 Å². The SMILES string of the molecule is CCCCN(CCO)S(=O)(=O)c1cccc(Cl)c1F. The van der Waals surface area contributed by atoms with Gasteiger partial charge in [0.05, 0.1) is 11.6 Å². The molecule has 1 N–H and O–H groups in total. The number of aliphatic hydroxyl groups is 1. The lowest BCUT2D eigenvalue weighted by Gasteiger charge is -2.21. The number of sulfonamides is 1. The number of unbranched alkanes of at least 4 members (excludes halogenated alkanes) is 1. The molecule has 1 rings (SSSR count). The van der Waals surface area contributed by atoms with Crippen molar-refractivity contribution in [2.24, 2.45) is 0 Å². The van der Waals surface area contributed by atoms with Gasteiger partial charge in [-0.3, -0.25) is 0 Å². The number of hydrogen-bond acceptors (Lipinski definition) is 3. The maximum atomic E-state index is 13.8. The van der Waals surface area contributed by atoms with Crippen molar-refractivity contribution in [2.45, 2.75) is 24.7 Å². The fourth-order valence-corrected chi connectivity index (χ4v) is 3.41. The minimum Gasteiger partial charge on any atom is -0.395 e. The highest BCUT2D eigenvalue weighted by atomic mass is 35.5. The summed E-state index contributed by atoms with van der Waals surface area (Å²) in [6.45, 7) is 1.79. The molecule has 19 heavy (non-hydrogen) atoms. The van der Waals surface area contributed by atoms with Crippen LogP contribution >= 0.6 is 11.6 Å². The molecule has 0 spiro atoms. The summed E-state index contributed by atoms with van der Waals surface area (Å²) in [6.07, 6.45) is 1.44. The highest BCUT2D eigenvalue weighted by molar-refractivity contribution is 7.89. The van der Waals surface area contributed by atoms with Crippen LogP contribution in [0.3, 0.4) is 0 Å². The fourth-order valence-electron chi connectivity index (χ4n) is 1.62. The first-order valence-corrected chi connectivity index (χ1v) is 7.82. The number of benzene rings is 1. The van der Waals surface area contributed by atoms with Crippen LogP contribution in [0.5, 0.6) is 0 Å². The molecule has 0 radical (unpaired) electrons. The molecule has 1 aromatic rings. The zero-order valence-electron chi connectivity index (χ0n) is 10.6. The van der Waals surface area contributed by atoms with Crippen LogP contribution in [0.25, 0.3) is 0 Å². The maximum absolute atomic E-state index is 13.8. The molecule has 1 aromatic carbocycles. The van der Waals surface area contributed by atoms with E-state index in [9.17, 15) is 12.8 Å². The zero-order valence-corrected chi connectivity index (χ0v) is 12.2. The summed E-state index contributed by atoms with van der Waals surface area (Å²) >= 11 is 5.60. The Hall–Kier alpha value is -0.690. The van der Waals surface area contributed by atoms with Gasteiger partial charge in [0, 0.05) is 13.1 Å². The van der Waals surface area contributed by atoms with Crippen molar-refractivity contribution in [3.63, 3.8) is 0 Å². The molecule has 4 nitrogen and oxygen atoms in total.